The topological polar surface area (TPSA) is 385 Å². The molecule has 25 heteroatoms. The molecule has 0 saturated carbocycles. The van der Waals surface area contributed by atoms with Crippen LogP contribution >= 0.6 is 0 Å². The zero-order chi connectivity index (χ0) is 39.9. The van der Waals surface area contributed by atoms with Gasteiger partial charge in [-0.1, -0.05) is 0 Å². The lowest BCUT2D eigenvalue weighted by Crippen LogP contribution is -2.44. The van der Waals surface area contributed by atoms with E-state index >= 15 is 0 Å². The lowest BCUT2D eigenvalue weighted by atomic mass is 10.1. The Morgan fingerprint density at radius 2 is 0.618 bits per heavy atom. The van der Waals surface area contributed by atoms with Crippen LogP contribution in [0.25, 0.3) is 0 Å². The van der Waals surface area contributed by atoms with Crippen molar-refractivity contribution >= 4 is 0 Å². The zero-order valence-electron chi connectivity index (χ0n) is 28.9. The Hall–Kier alpha value is -1.00. The van der Waals surface area contributed by atoms with E-state index in [2.05, 4.69) is 0 Å². The molecule has 6 aliphatic rings. The molecule has 0 spiro atoms. The summed E-state index contributed by atoms with van der Waals surface area (Å²) >= 11 is 0. The fourth-order valence-electron chi connectivity index (χ4n) is 6.89. The van der Waals surface area contributed by atoms with Crippen LogP contribution in [0.2, 0.25) is 0 Å². The largest absolute Gasteiger partial charge is 0.394 e. The van der Waals surface area contributed by atoms with Gasteiger partial charge in [0.25, 0.3) is 0 Å². The SMILES string of the molecule is OC[C@H]1O[C@H](O[C@H]2[C@H](O)[C@@H](OC[C@H]3O[C@H](OC[C@H]4O[C@H](OC[C@H]5O[C@H](OC[C@H]6O[C@H](O)[C@@H](O)[C@@H]6O)[C@@H](O)[C@@H]5O)[C@@H](O)[C@@H]4O)[C@@H](O)[C@@H]3O)O[C@@H]2CO)[C@@H](O)[C@@H]1O. The van der Waals surface area contributed by atoms with E-state index in [9.17, 15) is 71.5 Å². The Morgan fingerprint density at radius 3 is 0.982 bits per heavy atom. The van der Waals surface area contributed by atoms with Gasteiger partial charge in [-0.05, 0) is 0 Å². The highest BCUT2D eigenvalue weighted by Crippen LogP contribution is 2.33. The van der Waals surface area contributed by atoms with Crippen LogP contribution in [0, 0.1) is 0 Å². The molecule has 24 atom stereocenters. The van der Waals surface area contributed by atoms with E-state index in [4.69, 9.17) is 52.1 Å². The molecule has 0 aromatic heterocycles. The summed E-state index contributed by atoms with van der Waals surface area (Å²) in [6, 6.07) is 0. The van der Waals surface area contributed by atoms with E-state index in [1.807, 2.05) is 0 Å². The Kier molecular flexibility index (Phi) is 14.7. The average Bonchev–Trinajstić information content (AvgIpc) is 3.94. The summed E-state index contributed by atoms with van der Waals surface area (Å²) in [6.45, 7) is -3.19. The van der Waals surface area contributed by atoms with E-state index in [1.165, 1.54) is 0 Å². The summed E-state index contributed by atoms with van der Waals surface area (Å²) in [7, 11) is 0. The molecular formula is C30H50O25. The molecule has 14 N–H and O–H groups in total. The minimum absolute atomic E-state index is 0.428. The van der Waals surface area contributed by atoms with Gasteiger partial charge in [0.05, 0.1) is 39.6 Å². The Bertz CT molecular complexity index is 1210. The molecule has 6 heterocycles. The molecule has 0 unspecified atom stereocenters. The number of aliphatic hydroxyl groups excluding tert-OH is 14. The van der Waals surface area contributed by atoms with Crippen molar-refractivity contribution in [3.8, 4) is 0 Å². The molecule has 0 bridgehead atoms. The van der Waals surface area contributed by atoms with Crippen molar-refractivity contribution < 1.29 is 124 Å². The van der Waals surface area contributed by atoms with Crippen molar-refractivity contribution in [1.29, 1.82) is 0 Å². The maximum Gasteiger partial charge on any atom is 0.187 e. The Balaban J connectivity index is 0.924. The summed E-state index contributed by atoms with van der Waals surface area (Å²) in [5, 5.41) is 142. The van der Waals surface area contributed by atoms with Crippen LogP contribution in [0.15, 0.2) is 0 Å². The van der Waals surface area contributed by atoms with Crippen molar-refractivity contribution in [2.45, 2.75) is 148 Å². The van der Waals surface area contributed by atoms with Crippen LogP contribution in [0.5, 0.6) is 0 Å². The minimum Gasteiger partial charge on any atom is -0.394 e. The Morgan fingerprint density at radius 1 is 0.309 bits per heavy atom. The van der Waals surface area contributed by atoms with E-state index in [-0.39, 0.29) is 0 Å². The van der Waals surface area contributed by atoms with Gasteiger partial charge in [0.1, 0.15) is 110 Å². The minimum atomic E-state index is -1.65. The van der Waals surface area contributed by atoms with Gasteiger partial charge in [0, 0.05) is 0 Å². The van der Waals surface area contributed by atoms with Gasteiger partial charge in [-0.25, -0.2) is 0 Å². The fourth-order valence-corrected chi connectivity index (χ4v) is 6.89. The van der Waals surface area contributed by atoms with Gasteiger partial charge in [-0.3, -0.25) is 0 Å². The molecule has 6 saturated heterocycles. The third-order valence-corrected chi connectivity index (χ3v) is 10.3. The predicted molar refractivity (Wildman–Crippen MR) is 163 cm³/mol. The predicted octanol–water partition coefficient (Wildman–Crippen LogP) is -10.3. The van der Waals surface area contributed by atoms with E-state index in [0.29, 0.717) is 0 Å². The smallest absolute Gasteiger partial charge is 0.187 e. The van der Waals surface area contributed by atoms with Gasteiger partial charge in [-0.15, -0.1) is 0 Å². The van der Waals surface area contributed by atoms with Crippen molar-refractivity contribution in [2.24, 2.45) is 0 Å². The molecule has 0 aliphatic carbocycles. The summed E-state index contributed by atoms with van der Waals surface area (Å²) in [5.41, 5.74) is 0. The maximum atomic E-state index is 10.8. The molecule has 0 amide bonds. The number of hydrogen-bond donors (Lipinski definition) is 14. The summed E-state index contributed by atoms with van der Waals surface area (Å²) in [5.74, 6) is 0. The van der Waals surface area contributed by atoms with Gasteiger partial charge >= 0.3 is 0 Å². The summed E-state index contributed by atoms with van der Waals surface area (Å²) < 4.78 is 59.7. The molecule has 0 aromatic carbocycles. The van der Waals surface area contributed by atoms with Crippen LogP contribution in [-0.4, -0.2) is 259 Å². The second-order valence-electron chi connectivity index (χ2n) is 14.0. The van der Waals surface area contributed by atoms with Gasteiger partial charge in [0.15, 0.2) is 37.7 Å². The maximum absolute atomic E-state index is 10.8. The van der Waals surface area contributed by atoms with Crippen LogP contribution < -0.4 is 0 Å². The summed E-state index contributed by atoms with van der Waals surface area (Å²) in [6.07, 6.45) is -34.8. The third kappa shape index (κ3) is 9.11. The van der Waals surface area contributed by atoms with Crippen LogP contribution in [0.1, 0.15) is 0 Å². The number of aliphatic hydroxyl groups is 14. The molecule has 55 heavy (non-hydrogen) atoms. The molecule has 0 aromatic rings. The van der Waals surface area contributed by atoms with Gasteiger partial charge < -0.3 is 124 Å². The van der Waals surface area contributed by atoms with Gasteiger partial charge in [0.2, 0.25) is 0 Å². The van der Waals surface area contributed by atoms with Crippen molar-refractivity contribution in [2.75, 3.05) is 39.6 Å². The van der Waals surface area contributed by atoms with Crippen LogP contribution in [-0.2, 0) is 52.1 Å². The third-order valence-electron chi connectivity index (χ3n) is 10.3. The number of rotatable bonds is 16. The second kappa shape index (κ2) is 18.5. The van der Waals surface area contributed by atoms with Crippen LogP contribution in [0.3, 0.4) is 0 Å². The van der Waals surface area contributed by atoms with Crippen molar-refractivity contribution in [1.82, 2.24) is 0 Å². The quantitative estimate of drug-likeness (QED) is 0.0688. The molecule has 6 aliphatic heterocycles. The van der Waals surface area contributed by atoms with Crippen molar-refractivity contribution in [3.05, 3.63) is 0 Å². The van der Waals surface area contributed by atoms with E-state index in [0.717, 1.165) is 0 Å². The van der Waals surface area contributed by atoms with Gasteiger partial charge in [-0.2, -0.15) is 0 Å². The Labute approximate surface area is 311 Å². The second-order valence-corrected chi connectivity index (χ2v) is 14.0. The van der Waals surface area contributed by atoms with E-state index < -0.39 is 187 Å². The standard InChI is InChI=1S/C30H50O25/c31-1-7-13(33)22(42)30(50-7)55-24-8(2-32)51-29(23(24)43)48-6-12-17(37)21(41)28(54-12)47-5-11-16(36)20(40)27(53-11)46-4-10-15(35)19(39)26(52-10)45-3-9-14(34)18(38)25(44)49-9/h7-44H,1-6H2/t7-,8-,9-,10-,11-,12-,13-,14-,15-,16-,17-,18+,19+,20+,21+,22+,23+,24-,25+,26+,27+,28+,29+,30-/m1/s1. The first-order chi connectivity index (χ1) is 26.1. The lowest BCUT2D eigenvalue weighted by molar-refractivity contribution is -0.227. The number of hydrogen-bond acceptors (Lipinski definition) is 25. The molecule has 320 valence electrons. The first-order valence-electron chi connectivity index (χ1n) is 17.6. The average molecular weight is 811 g/mol. The normalized spacial score (nSPS) is 52.9. The molecule has 0 radical (unpaired) electrons. The number of ether oxygens (including phenoxy) is 11. The van der Waals surface area contributed by atoms with Crippen molar-refractivity contribution in [3.63, 3.8) is 0 Å². The van der Waals surface area contributed by atoms with E-state index in [1.54, 1.807) is 0 Å². The first-order valence-corrected chi connectivity index (χ1v) is 17.6. The van der Waals surface area contributed by atoms with Crippen LogP contribution in [0.4, 0.5) is 0 Å². The first kappa shape index (κ1) is 43.6. The molecular weight excluding hydrogens is 760 g/mol. The lowest BCUT2D eigenvalue weighted by Gasteiger charge is -2.25. The fraction of sp³-hybridized carbons (Fsp3) is 1.00. The molecule has 25 nitrogen and oxygen atoms in total. The summed E-state index contributed by atoms with van der Waals surface area (Å²) in [4.78, 5) is 0. The molecule has 6 rings (SSSR count). The monoisotopic (exact) mass is 810 g/mol. The highest BCUT2D eigenvalue weighted by Gasteiger charge is 2.53. The zero-order valence-corrected chi connectivity index (χ0v) is 28.9. The molecule has 6 fully saturated rings. The highest BCUT2D eigenvalue weighted by atomic mass is 16.8. The highest BCUT2D eigenvalue weighted by molar-refractivity contribution is 4.95.